The van der Waals surface area contributed by atoms with Crippen LogP contribution in [0.2, 0.25) is 0 Å². The predicted octanol–water partition coefficient (Wildman–Crippen LogP) is 1.99. The highest BCUT2D eigenvalue weighted by Gasteiger charge is 2.38. The van der Waals surface area contributed by atoms with Crippen molar-refractivity contribution in [2.45, 2.75) is 18.2 Å². The van der Waals surface area contributed by atoms with Crippen LogP contribution in [0.25, 0.3) is 0 Å². The summed E-state index contributed by atoms with van der Waals surface area (Å²) in [7, 11) is 2.92. The number of benzene rings is 1. The summed E-state index contributed by atoms with van der Waals surface area (Å²) in [5, 5.41) is -0.420. The third-order valence-corrected chi connectivity index (χ3v) is 4.32. The molecule has 0 saturated carbocycles. The number of halogens is 2. The smallest absolute Gasteiger partial charge is 0.234 e. The van der Waals surface area contributed by atoms with Crippen molar-refractivity contribution in [2.75, 3.05) is 20.0 Å². The highest BCUT2D eigenvalue weighted by molar-refractivity contribution is 8.01. The average molecular weight is 303 g/mol. The molecule has 0 N–H and O–H groups in total. The van der Waals surface area contributed by atoms with Crippen molar-refractivity contribution >= 4 is 17.7 Å². The molecule has 1 unspecified atom stereocenters. The van der Waals surface area contributed by atoms with Crippen LogP contribution in [0.1, 0.15) is 5.56 Å². The van der Waals surface area contributed by atoms with E-state index in [9.17, 15) is 13.6 Å². The number of hydrogen-bond donors (Lipinski definition) is 0. The molecule has 0 radical (unpaired) electrons. The summed E-state index contributed by atoms with van der Waals surface area (Å²) in [5.41, 5.74) is -0.126. The second-order valence-corrected chi connectivity index (χ2v) is 5.37. The van der Waals surface area contributed by atoms with Gasteiger partial charge >= 0.3 is 0 Å². The van der Waals surface area contributed by atoms with Crippen LogP contribution in [0, 0.1) is 11.6 Å². The van der Waals surface area contributed by atoms with E-state index in [2.05, 4.69) is 0 Å². The maximum absolute atomic E-state index is 13.7. The fraction of sp³-hybridized carbons (Fsp3) is 0.462. The molecule has 110 valence electrons. The Morgan fingerprint density at radius 2 is 1.95 bits per heavy atom. The Bertz CT molecular complexity index is 476. The van der Waals surface area contributed by atoms with Crippen LogP contribution < -0.4 is 0 Å². The summed E-state index contributed by atoms with van der Waals surface area (Å²) in [6.45, 7) is -0.141. The van der Waals surface area contributed by atoms with Gasteiger partial charge in [-0.1, -0.05) is 6.07 Å². The molecule has 0 aromatic heterocycles. The average Bonchev–Trinajstić information content (AvgIpc) is 2.78. The number of thioether (sulfide) groups is 1. The summed E-state index contributed by atoms with van der Waals surface area (Å²) in [5.74, 6) is -1.29. The Morgan fingerprint density at radius 1 is 1.35 bits per heavy atom. The SMILES string of the molecule is COC(OC)C1SCC(=O)N1Cc1c(F)cccc1F. The lowest BCUT2D eigenvalue weighted by Gasteiger charge is -2.29. The summed E-state index contributed by atoms with van der Waals surface area (Å²) >= 11 is 1.33. The maximum Gasteiger partial charge on any atom is 0.234 e. The van der Waals surface area contributed by atoms with Gasteiger partial charge in [-0.2, -0.15) is 0 Å². The maximum atomic E-state index is 13.7. The standard InChI is InChI=1S/C13H15F2NO3S/c1-18-13(19-2)12-16(11(17)7-20-12)6-8-9(14)4-3-5-10(8)15/h3-5,12-13H,6-7H2,1-2H3. The molecule has 1 aliphatic heterocycles. The first kappa shape index (κ1) is 15.2. The third-order valence-electron chi connectivity index (χ3n) is 3.09. The van der Waals surface area contributed by atoms with Crippen LogP contribution in [0.4, 0.5) is 8.78 Å². The molecule has 1 aromatic carbocycles. The monoisotopic (exact) mass is 303 g/mol. The van der Waals surface area contributed by atoms with Crippen molar-refractivity contribution in [1.29, 1.82) is 0 Å². The van der Waals surface area contributed by atoms with Crippen LogP contribution in [-0.4, -0.2) is 42.4 Å². The molecule has 20 heavy (non-hydrogen) atoms. The molecule has 2 rings (SSSR count). The molecule has 1 saturated heterocycles. The van der Waals surface area contributed by atoms with Gasteiger partial charge in [-0.25, -0.2) is 8.78 Å². The van der Waals surface area contributed by atoms with Gasteiger partial charge in [-0.15, -0.1) is 11.8 Å². The molecule has 1 atom stereocenters. The Hall–Kier alpha value is -1.18. The number of amides is 1. The van der Waals surface area contributed by atoms with Crippen molar-refractivity contribution in [3.05, 3.63) is 35.4 Å². The van der Waals surface area contributed by atoms with Crippen molar-refractivity contribution in [3.63, 3.8) is 0 Å². The quantitative estimate of drug-likeness (QED) is 0.780. The first-order valence-electron chi connectivity index (χ1n) is 5.98. The summed E-state index contributed by atoms with van der Waals surface area (Å²) in [6.07, 6.45) is -0.638. The second kappa shape index (κ2) is 6.51. The number of hydrogen-bond acceptors (Lipinski definition) is 4. The fourth-order valence-electron chi connectivity index (χ4n) is 2.06. The van der Waals surface area contributed by atoms with Crippen molar-refractivity contribution in [3.8, 4) is 0 Å². The predicted molar refractivity (Wildman–Crippen MR) is 71.0 cm³/mol. The Kier molecular flexibility index (Phi) is 4.95. The zero-order valence-electron chi connectivity index (χ0n) is 11.1. The number of nitrogens with zero attached hydrogens (tertiary/aromatic N) is 1. The van der Waals surface area contributed by atoms with E-state index >= 15 is 0 Å². The van der Waals surface area contributed by atoms with Crippen LogP contribution in [0.3, 0.4) is 0 Å². The highest BCUT2D eigenvalue weighted by Crippen LogP contribution is 2.31. The van der Waals surface area contributed by atoms with E-state index in [0.29, 0.717) is 0 Å². The van der Waals surface area contributed by atoms with Gasteiger partial charge in [0, 0.05) is 19.8 Å². The number of rotatable bonds is 5. The molecule has 1 fully saturated rings. The molecule has 0 bridgehead atoms. The molecular weight excluding hydrogens is 288 g/mol. The molecule has 1 heterocycles. The third kappa shape index (κ3) is 2.94. The van der Waals surface area contributed by atoms with Crippen LogP contribution in [-0.2, 0) is 20.8 Å². The van der Waals surface area contributed by atoms with Gasteiger partial charge in [0.2, 0.25) is 5.91 Å². The number of carbonyl (C=O) groups is 1. The Balaban J connectivity index is 2.23. The molecule has 0 aliphatic carbocycles. The van der Waals surface area contributed by atoms with Gasteiger partial charge in [0.05, 0.1) is 12.3 Å². The summed E-state index contributed by atoms with van der Waals surface area (Å²) in [4.78, 5) is 13.3. The first-order valence-corrected chi connectivity index (χ1v) is 7.03. The first-order chi connectivity index (χ1) is 9.58. The van der Waals surface area contributed by atoms with Crippen LogP contribution in [0.15, 0.2) is 18.2 Å². The van der Waals surface area contributed by atoms with E-state index < -0.39 is 23.3 Å². The van der Waals surface area contributed by atoms with Crippen molar-refractivity contribution in [1.82, 2.24) is 4.90 Å². The Labute approximate surface area is 120 Å². The number of methoxy groups -OCH3 is 2. The molecule has 1 amide bonds. The molecule has 0 spiro atoms. The van der Waals surface area contributed by atoms with Crippen molar-refractivity contribution in [2.24, 2.45) is 0 Å². The zero-order chi connectivity index (χ0) is 14.7. The van der Waals surface area contributed by atoms with Gasteiger partial charge in [-0.05, 0) is 12.1 Å². The van der Waals surface area contributed by atoms with Crippen LogP contribution >= 0.6 is 11.8 Å². The lowest BCUT2D eigenvalue weighted by atomic mass is 10.2. The number of ether oxygens (including phenoxy) is 2. The zero-order valence-corrected chi connectivity index (χ0v) is 12.0. The van der Waals surface area contributed by atoms with Gasteiger partial charge in [-0.3, -0.25) is 4.79 Å². The van der Waals surface area contributed by atoms with Gasteiger partial charge in [0.15, 0.2) is 6.29 Å². The fourth-order valence-corrected chi connectivity index (χ4v) is 3.29. The normalized spacial score (nSPS) is 19.1. The molecule has 1 aromatic rings. The summed E-state index contributed by atoms with van der Waals surface area (Å²) in [6, 6.07) is 3.63. The van der Waals surface area contributed by atoms with Gasteiger partial charge in [0.25, 0.3) is 0 Å². The summed E-state index contributed by atoms with van der Waals surface area (Å²) < 4.78 is 37.6. The van der Waals surface area contributed by atoms with E-state index in [1.54, 1.807) is 0 Å². The van der Waals surface area contributed by atoms with Gasteiger partial charge in [0.1, 0.15) is 17.0 Å². The largest absolute Gasteiger partial charge is 0.353 e. The second-order valence-electron chi connectivity index (χ2n) is 4.26. The highest BCUT2D eigenvalue weighted by atomic mass is 32.2. The lowest BCUT2D eigenvalue weighted by molar-refractivity contribution is -0.146. The van der Waals surface area contributed by atoms with Gasteiger partial charge < -0.3 is 14.4 Å². The molecular formula is C13H15F2NO3S. The molecule has 7 heteroatoms. The minimum Gasteiger partial charge on any atom is -0.353 e. The van der Waals surface area contributed by atoms with E-state index in [0.717, 1.165) is 0 Å². The molecule has 1 aliphatic rings. The van der Waals surface area contributed by atoms with E-state index in [1.165, 1.54) is 49.1 Å². The Morgan fingerprint density at radius 3 is 2.50 bits per heavy atom. The topological polar surface area (TPSA) is 38.8 Å². The molecule has 4 nitrogen and oxygen atoms in total. The van der Waals surface area contributed by atoms with Crippen molar-refractivity contribution < 1.29 is 23.0 Å². The lowest BCUT2D eigenvalue weighted by Crippen LogP contribution is -2.41. The van der Waals surface area contributed by atoms with E-state index in [1.807, 2.05) is 0 Å². The minimum atomic E-state index is -0.667. The van der Waals surface area contributed by atoms with E-state index in [4.69, 9.17) is 9.47 Å². The number of carbonyl (C=O) groups excluding carboxylic acids is 1. The van der Waals surface area contributed by atoms with E-state index in [-0.39, 0.29) is 23.8 Å². The van der Waals surface area contributed by atoms with Crippen LogP contribution in [0.5, 0.6) is 0 Å². The minimum absolute atomic E-state index is 0.126.